The topological polar surface area (TPSA) is 93.4 Å². The first-order valence-corrected chi connectivity index (χ1v) is 9.37. The molecule has 0 aliphatic carbocycles. The van der Waals surface area contributed by atoms with Gasteiger partial charge < -0.3 is 5.73 Å². The minimum Gasteiger partial charge on any atom is -0.324 e. The Morgan fingerprint density at radius 3 is 2.35 bits per heavy atom. The Kier molecular flexibility index (Phi) is 5.51. The first-order chi connectivity index (χ1) is 10.8. The van der Waals surface area contributed by atoms with Gasteiger partial charge in [0.05, 0.1) is 19.3 Å². The Labute approximate surface area is 143 Å². The molecule has 0 aliphatic rings. The summed E-state index contributed by atoms with van der Waals surface area (Å²) in [6, 6.07) is 10.0. The number of hydrogen-bond acceptors (Lipinski definition) is 5. The number of nitrogens with two attached hydrogens (primary N) is 1. The number of rotatable bonds is 6. The number of halogens is 1. The fourth-order valence-electron chi connectivity index (χ4n) is 1.96. The van der Waals surface area contributed by atoms with Crippen LogP contribution < -0.4 is 10.0 Å². The van der Waals surface area contributed by atoms with E-state index in [0.29, 0.717) is 11.4 Å². The molecule has 122 valence electrons. The number of nitrogens with zero attached hydrogens (tertiary/aromatic N) is 2. The smallest absolute Gasteiger partial charge is 0.233 e. The Balaban J connectivity index is 2.28. The van der Waals surface area contributed by atoms with Gasteiger partial charge >= 0.3 is 0 Å². The van der Waals surface area contributed by atoms with Crippen LogP contribution in [0.4, 0.5) is 5.82 Å². The molecule has 8 heteroatoms. The largest absolute Gasteiger partial charge is 0.324 e. The second kappa shape index (κ2) is 7.20. The Morgan fingerprint density at radius 2 is 1.87 bits per heavy atom. The van der Waals surface area contributed by atoms with Crippen LogP contribution in [0.3, 0.4) is 0 Å². The molecule has 0 amide bonds. The summed E-state index contributed by atoms with van der Waals surface area (Å²) in [6.45, 7) is 0.0716. The standard InChI is InChI=1S/C15H16BrN3O3S/c1-23(21,22)19(15-7-6-13(16)9-18-15)10-11-2-4-12(5-3-11)14(20)8-17/h2-7,9H,8,10,17H2,1H3. The molecular formula is C15H16BrN3O3S. The van der Waals surface area contributed by atoms with E-state index in [2.05, 4.69) is 20.9 Å². The number of carbonyl (C=O) groups is 1. The molecule has 0 bridgehead atoms. The Morgan fingerprint density at radius 1 is 1.22 bits per heavy atom. The number of ketones is 1. The fraction of sp³-hybridized carbons (Fsp3) is 0.200. The van der Waals surface area contributed by atoms with Crippen molar-refractivity contribution in [2.24, 2.45) is 5.73 Å². The number of carbonyl (C=O) groups excluding carboxylic acids is 1. The van der Waals surface area contributed by atoms with Crippen molar-refractivity contribution < 1.29 is 13.2 Å². The normalized spacial score (nSPS) is 11.3. The fourth-order valence-corrected chi connectivity index (χ4v) is 3.03. The van der Waals surface area contributed by atoms with Gasteiger partial charge in [-0.15, -0.1) is 0 Å². The average Bonchev–Trinajstić information content (AvgIpc) is 2.52. The molecule has 0 radical (unpaired) electrons. The molecule has 0 unspecified atom stereocenters. The highest BCUT2D eigenvalue weighted by atomic mass is 79.9. The molecule has 1 aromatic heterocycles. The number of pyridine rings is 1. The molecule has 0 saturated heterocycles. The highest BCUT2D eigenvalue weighted by Crippen LogP contribution is 2.20. The number of benzene rings is 1. The van der Waals surface area contributed by atoms with Crippen molar-refractivity contribution in [1.82, 2.24) is 4.98 Å². The third-order valence-electron chi connectivity index (χ3n) is 3.16. The summed E-state index contributed by atoms with van der Waals surface area (Å²) < 4.78 is 26.1. The van der Waals surface area contributed by atoms with Crippen LogP contribution in [0.2, 0.25) is 0 Å². The van der Waals surface area contributed by atoms with E-state index in [1.54, 1.807) is 36.4 Å². The summed E-state index contributed by atoms with van der Waals surface area (Å²) >= 11 is 3.27. The van der Waals surface area contributed by atoms with E-state index in [9.17, 15) is 13.2 Å². The van der Waals surface area contributed by atoms with E-state index in [4.69, 9.17) is 5.73 Å². The Hall–Kier alpha value is -1.77. The maximum atomic E-state index is 12.0. The summed E-state index contributed by atoms with van der Waals surface area (Å²) in [6.07, 6.45) is 2.67. The minimum absolute atomic E-state index is 0.0579. The van der Waals surface area contributed by atoms with Crippen molar-refractivity contribution in [3.05, 3.63) is 58.2 Å². The molecular weight excluding hydrogens is 382 g/mol. The number of anilines is 1. The van der Waals surface area contributed by atoms with Gasteiger partial charge in [-0.25, -0.2) is 17.7 Å². The monoisotopic (exact) mass is 397 g/mol. The molecule has 1 heterocycles. The maximum absolute atomic E-state index is 12.0. The number of hydrogen-bond donors (Lipinski definition) is 1. The molecule has 0 fully saturated rings. The van der Waals surface area contributed by atoms with Crippen molar-refractivity contribution in [3.8, 4) is 0 Å². The third-order valence-corrected chi connectivity index (χ3v) is 4.74. The number of sulfonamides is 1. The lowest BCUT2D eigenvalue weighted by atomic mass is 10.1. The molecule has 6 nitrogen and oxygen atoms in total. The van der Waals surface area contributed by atoms with E-state index in [0.717, 1.165) is 16.3 Å². The molecule has 1 aromatic carbocycles. The lowest BCUT2D eigenvalue weighted by molar-refractivity contribution is 0.100. The van der Waals surface area contributed by atoms with Crippen molar-refractivity contribution in [3.63, 3.8) is 0 Å². The van der Waals surface area contributed by atoms with Gasteiger partial charge in [0.2, 0.25) is 10.0 Å². The van der Waals surface area contributed by atoms with Gasteiger partial charge in [0.25, 0.3) is 0 Å². The number of Topliss-reactive ketones (excluding diaryl/α,β-unsaturated/α-hetero) is 1. The van der Waals surface area contributed by atoms with Gasteiger partial charge in [0.1, 0.15) is 5.82 Å². The van der Waals surface area contributed by atoms with Gasteiger partial charge in [-0.05, 0) is 33.6 Å². The van der Waals surface area contributed by atoms with Crippen LogP contribution >= 0.6 is 15.9 Å². The molecule has 2 rings (SSSR count). The van der Waals surface area contributed by atoms with Crippen LogP contribution in [0, 0.1) is 0 Å². The SMILES string of the molecule is CS(=O)(=O)N(Cc1ccc(C(=O)CN)cc1)c1ccc(Br)cn1. The zero-order valence-corrected chi connectivity index (χ0v) is 14.8. The van der Waals surface area contributed by atoms with Gasteiger partial charge in [0, 0.05) is 16.2 Å². The summed E-state index contributed by atoms with van der Waals surface area (Å²) in [7, 11) is -3.49. The van der Waals surface area contributed by atoms with Gasteiger partial charge in [-0.1, -0.05) is 24.3 Å². The predicted octanol–water partition coefficient (Wildman–Crippen LogP) is 1.95. The van der Waals surface area contributed by atoms with E-state index < -0.39 is 10.0 Å². The summed E-state index contributed by atoms with van der Waals surface area (Å²) in [5.41, 5.74) is 6.57. The van der Waals surface area contributed by atoms with Crippen LogP contribution in [-0.2, 0) is 16.6 Å². The lowest BCUT2D eigenvalue weighted by Crippen LogP contribution is -2.30. The van der Waals surface area contributed by atoms with Gasteiger partial charge in [-0.2, -0.15) is 0 Å². The quantitative estimate of drug-likeness (QED) is 0.751. The molecule has 0 spiro atoms. The molecule has 2 N–H and O–H groups in total. The summed E-state index contributed by atoms with van der Waals surface area (Å²) in [4.78, 5) is 15.6. The van der Waals surface area contributed by atoms with Gasteiger partial charge in [0.15, 0.2) is 5.78 Å². The van der Waals surface area contributed by atoms with E-state index in [-0.39, 0.29) is 18.9 Å². The van der Waals surface area contributed by atoms with Crippen molar-refractivity contribution in [2.75, 3.05) is 17.1 Å². The van der Waals surface area contributed by atoms with E-state index in [1.807, 2.05) is 0 Å². The zero-order valence-electron chi connectivity index (χ0n) is 12.4. The second-order valence-electron chi connectivity index (χ2n) is 4.93. The van der Waals surface area contributed by atoms with Crippen LogP contribution in [0.25, 0.3) is 0 Å². The Bertz CT molecular complexity index is 790. The maximum Gasteiger partial charge on any atom is 0.233 e. The van der Waals surface area contributed by atoms with Crippen LogP contribution in [0.1, 0.15) is 15.9 Å². The van der Waals surface area contributed by atoms with E-state index >= 15 is 0 Å². The molecule has 2 aromatic rings. The van der Waals surface area contributed by atoms with Crippen LogP contribution in [-0.4, -0.2) is 32.0 Å². The van der Waals surface area contributed by atoms with Crippen molar-refractivity contribution >= 4 is 37.6 Å². The van der Waals surface area contributed by atoms with Crippen molar-refractivity contribution in [2.45, 2.75) is 6.54 Å². The first kappa shape index (κ1) is 17.6. The predicted molar refractivity (Wildman–Crippen MR) is 92.8 cm³/mol. The lowest BCUT2D eigenvalue weighted by Gasteiger charge is -2.21. The average molecular weight is 398 g/mol. The van der Waals surface area contributed by atoms with E-state index in [1.165, 1.54) is 10.5 Å². The second-order valence-corrected chi connectivity index (χ2v) is 7.75. The number of aromatic nitrogens is 1. The molecule has 0 saturated carbocycles. The molecule has 0 atom stereocenters. The highest BCUT2D eigenvalue weighted by molar-refractivity contribution is 9.10. The van der Waals surface area contributed by atoms with Gasteiger partial charge in [-0.3, -0.25) is 4.79 Å². The first-order valence-electron chi connectivity index (χ1n) is 6.72. The third kappa shape index (κ3) is 4.60. The van der Waals surface area contributed by atoms with Crippen LogP contribution in [0.5, 0.6) is 0 Å². The molecule has 23 heavy (non-hydrogen) atoms. The van der Waals surface area contributed by atoms with Crippen LogP contribution in [0.15, 0.2) is 47.1 Å². The highest BCUT2D eigenvalue weighted by Gasteiger charge is 2.19. The van der Waals surface area contributed by atoms with Crippen molar-refractivity contribution in [1.29, 1.82) is 0 Å². The zero-order chi connectivity index (χ0) is 17.0. The summed E-state index contributed by atoms with van der Waals surface area (Å²) in [5, 5.41) is 0. The minimum atomic E-state index is -3.49. The summed E-state index contributed by atoms with van der Waals surface area (Å²) in [5.74, 6) is 0.170. The molecule has 0 aliphatic heterocycles.